The first kappa shape index (κ1) is 16.3. The molecule has 1 nitrogen and oxygen atoms in total. The molecule has 15 heavy (non-hydrogen) atoms. The molecule has 0 aliphatic carbocycles. The van der Waals surface area contributed by atoms with Gasteiger partial charge < -0.3 is 0 Å². The maximum Gasteiger partial charge on any atom is 0.0342 e. The molecule has 1 aromatic rings. The van der Waals surface area contributed by atoms with Crippen LogP contribution < -0.4 is 0 Å². The molecule has 0 unspecified atom stereocenters. The van der Waals surface area contributed by atoms with Gasteiger partial charge in [-0.05, 0) is 30.5 Å². The molecule has 0 spiro atoms. The molecule has 0 atom stereocenters. The van der Waals surface area contributed by atoms with Gasteiger partial charge in [0.1, 0.15) is 0 Å². The number of nitrogens with zero attached hydrogens (tertiary/aromatic N) is 1. The van der Waals surface area contributed by atoms with Crippen molar-refractivity contribution in [2.75, 3.05) is 0 Å². The van der Waals surface area contributed by atoms with E-state index in [2.05, 4.69) is 24.1 Å². The lowest BCUT2D eigenvalue weighted by atomic mass is 10.1. The normalized spacial score (nSPS) is 8.67. The van der Waals surface area contributed by atoms with Crippen LogP contribution in [-0.2, 0) is 6.42 Å². The Balaban J connectivity index is 0. The minimum absolute atomic E-state index is 1.07. The molecule has 0 aliphatic heterocycles. The molecule has 1 rings (SSSR count). The molecule has 0 N–H and O–H groups in total. The van der Waals surface area contributed by atoms with Crippen LogP contribution in [0.1, 0.15) is 52.7 Å². The first-order valence-corrected chi connectivity index (χ1v) is 5.94. The van der Waals surface area contributed by atoms with Crippen LogP contribution in [0.4, 0.5) is 0 Å². The summed E-state index contributed by atoms with van der Waals surface area (Å²) >= 11 is 0. The van der Waals surface area contributed by atoms with Gasteiger partial charge in [0.15, 0.2) is 0 Å². The van der Waals surface area contributed by atoms with Crippen LogP contribution >= 0.6 is 0 Å². The number of aromatic nitrogens is 1. The number of pyridine rings is 1. The van der Waals surface area contributed by atoms with E-state index in [1.807, 2.05) is 53.1 Å². The van der Waals surface area contributed by atoms with E-state index in [9.17, 15) is 0 Å². The van der Waals surface area contributed by atoms with Gasteiger partial charge in [-0.3, -0.25) is 4.98 Å². The van der Waals surface area contributed by atoms with Gasteiger partial charge in [0.25, 0.3) is 0 Å². The predicted molar refractivity (Wildman–Crippen MR) is 71.0 cm³/mol. The topological polar surface area (TPSA) is 12.9 Å². The van der Waals surface area contributed by atoms with Crippen LogP contribution in [0.5, 0.6) is 0 Å². The molecule has 0 saturated heterocycles. The van der Waals surface area contributed by atoms with Crippen molar-refractivity contribution in [1.82, 2.24) is 4.98 Å². The third-order valence-electron chi connectivity index (χ3n) is 1.67. The Morgan fingerprint density at radius 1 is 1.20 bits per heavy atom. The third kappa shape index (κ3) is 6.89. The lowest BCUT2D eigenvalue weighted by Crippen LogP contribution is -1.86. The van der Waals surface area contributed by atoms with Crippen molar-refractivity contribution in [1.29, 1.82) is 0 Å². The van der Waals surface area contributed by atoms with Crippen molar-refractivity contribution < 1.29 is 0 Å². The molecule has 1 heteroatoms. The van der Waals surface area contributed by atoms with E-state index < -0.39 is 0 Å². The summed E-state index contributed by atoms with van der Waals surface area (Å²) in [7, 11) is 0. The van der Waals surface area contributed by atoms with E-state index in [1.165, 1.54) is 11.1 Å². The molecule has 0 aromatic carbocycles. The first-order valence-electron chi connectivity index (χ1n) is 5.94. The Morgan fingerprint density at radius 3 is 2.27 bits per heavy atom. The fourth-order valence-electron chi connectivity index (χ4n) is 1.09. The summed E-state index contributed by atoms with van der Waals surface area (Å²) in [5.41, 5.74) is 2.59. The van der Waals surface area contributed by atoms with Gasteiger partial charge in [-0.2, -0.15) is 0 Å². The smallest absolute Gasteiger partial charge is 0.0342 e. The molecule has 0 radical (unpaired) electrons. The first-order chi connectivity index (χ1) is 7.38. The fraction of sp³-hybridized carbons (Fsp3) is 0.500. The van der Waals surface area contributed by atoms with Crippen molar-refractivity contribution in [2.45, 2.75) is 48.0 Å². The third-order valence-corrected chi connectivity index (χ3v) is 1.67. The largest absolute Gasteiger partial charge is 0.264 e. The van der Waals surface area contributed by atoms with Gasteiger partial charge in [0.2, 0.25) is 0 Å². The van der Waals surface area contributed by atoms with Crippen molar-refractivity contribution in [3.63, 3.8) is 0 Å². The van der Waals surface area contributed by atoms with E-state index in [0.29, 0.717) is 0 Å². The highest BCUT2D eigenvalue weighted by atomic mass is 14.6. The minimum atomic E-state index is 1.07. The summed E-state index contributed by atoms with van der Waals surface area (Å²) in [6, 6.07) is 2.06. The quantitative estimate of drug-likeness (QED) is 0.683. The number of hydrogen-bond acceptors (Lipinski definition) is 1. The van der Waals surface area contributed by atoms with Crippen molar-refractivity contribution in [2.24, 2.45) is 0 Å². The SMILES string of the molecule is C/C=C\c1cnccc1CC.CC.CC. The Bertz CT molecular complexity index is 251. The van der Waals surface area contributed by atoms with E-state index >= 15 is 0 Å². The lowest BCUT2D eigenvalue weighted by Gasteiger charge is -1.99. The summed E-state index contributed by atoms with van der Waals surface area (Å²) in [5.74, 6) is 0. The highest BCUT2D eigenvalue weighted by Gasteiger charge is 1.93. The highest BCUT2D eigenvalue weighted by molar-refractivity contribution is 5.51. The number of hydrogen-bond donors (Lipinski definition) is 0. The molecule has 1 aromatic heterocycles. The Hall–Kier alpha value is -1.11. The van der Waals surface area contributed by atoms with E-state index in [-0.39, 0.29) is 0 Å². The molecule has 0 aliphatic rings. The highest BCUT2D eigenvalue weighted by Crippen LogP contribution is 2.08. The summed E-state index contributed by atoms with van der Waals surface area (Å²) < 4.78 is 0. The second-order valence-electron chi connectivity index (χ2n) is 2.43. The second kappa shape index (κ2) is 12.9. The average molecular weight is 207 g/mol. The second-order valence-corrected chi connectivity index (χ2v) is 2.43. The zero-order valence-electron chi connectivity index (χ0n) is 11.0. The summed E-state index contributed by atoms with van der Waals surface area (Å²) in [4.78, 5) is 4.06. The summed E-state index contributed by atoms with van der Waals surface area (Å²) in [6.45, 7) is 12.2. The zero-order valence-corrected chi connectivity index (χ0v) is 11.0. The molecule has 86 valence electrons. The molecular weight excluding hydrogens is 182 g/mol. The maximum atomic E-state index is 4.06. The Morgan fingerprint density at radius 2 is 1.80 bits per heavy atom. The summed E-state index contributed by atoms with van der Waals surface area (Å²) in [5, 5.41) is 0. The van der Waals surface area contributed by atoms with E-state index in [0.717, 1.165) is 6.42 Å². The predicted octanol–water partition coefficient (Wildman–Crippen LogP) is 4.73. The van der Waals surface area contributed by atoms with Crippen LogP contribution in [0.25, 0.3) is 6.08 Å². The average Bonchev–Trinajstić information content (AvgIpc) is 2.35. The minimum Gasteiger partial charge on any atom is -0.264 e. The molecule has 0 fully saturated rings. The van der Waals surface area contributed by atoms with Crippen LogP contribution in [0.3, 0.4) is 0 Å². The van der Waals surface area contributed by atoms with Gasteiger partial charge in [-0.15, -0.1) is 0 Å². The van der Waals surface area contributed by atoms with Gasteiger partial charge in [-0.25, -0.2) is 0 Å². The van der Waals surface area contributed by atoms with Crippen LogP contribution in [0.2, 0.25) is 0 Å². The molecule has 1 heterocycles. The number of rotatable bonds is 2. The number of allylic oxidation sites excluding steroid dienone is 1. The van der Waals surface area contributed by atoms with Crippen molar-refractivity contribution >= 4 is 6.08 Å². The summed E-state index contributed by atoms with van der Waals surface area (Å²) in [6.07, 6.45) is 8.94. The van der Waals surface area contributed by atoms with Crippen molar-refractivity contribution in [3.05, 3.63) is 35.7 Å². The van der Waals surface area contributed by atoms with Gasteiger partial charge >= 0.3 is 0 Å². The standard InChI is InChI=1S/C10H13N.2C2H6/c1-3-5-10-8-11-7-6-9(10)4-2;2*1-2/h3,5-8H,4H2,1-2H3;2*1-2H3/b5-3-;;. The van der Waals surface area contributed by atoms with Crippen molar-refractivity contribution in [3.8, 4) is 0 Å². The van der Waals surface area contributed by atoms with Gasteiger partial charge in [-0.1, -0.05) is 46.8 Å². The molecule has 0 saturated carbocycles. The van der Waals surface area contributed by atoms with Gasteiger partial charge in [0, 0.05) is 12.4 Å². The molecular formula is C14H25N. The Kier molecular flexibility index (Phi) is 14.0. The molecule has 0 amide bonds. The number of aryl methyl sites for hydroxylation is 1. The fourth-order valence-corrected chi connectivity index (χ4v) is 1.09. The zero-order chi connectivity index (χ0) is 12.1. The van der Waals surface area contributed by atoms with Crippen LogP contribution in [-0.4, -0.2) is 4.98 Å². The van der Waals surface area contributed by atoms with E-state index in [1.54, 1.807) is 0 Å². The lowest BCUT2D eigenvalue weighted by molar-refractivity contribution is 1.11. The monoisotopic (exact) mass is 207 g/mol. The van der Waals surface area contributed by atoms with E-state index in [4.69, 9.17) is 0 Å². The maximum absolute atomic E-state index is 4.06. The van der Waals surface area contributed by atoms with Crippen LogP contribution in [0.15, 0.2) is 24.5 Å². The Labute approximate surface area is 95.3 Å². The molecule has 0 bridgehead atoms. The van der Waals surface area contributed by atoms with Gasteiger partial charge in [0.05, 0.1) is 0 Å². The van der Waals surface area contributed by atoms with Crippen LogP contribution in [0, 0.1) is 0 Å².